The number of nitrogens with two attached hydrogens (primary N) is 1. The van der Waals surface area contributed by atoms with Crippen LogP contribution in [0.4, 0.5) is 5.69 Å². The Morgan fingerprint density at radius 1 is 1.32 bits per heavy atom. The van der Waals surface area contributed by atoms with Crippen LogP contribution in [0.25, 0.3) is 11.0 Å². The SMILES string of the molecule is Nc1ccc2nc(CCSCc3ccco3)[nH]c2c1. The van der Waals surface area contributed by atoms with Gasteiger partial charge in [0.15, 0.2) is 0 Å². The van der Waals surface area contributed by atoms with Crippen LogP contribution < -0.4 is 5.73 Å². The molecule has 1 aromatic carbocycles. The monoisotopic (exact) mass is 273 g/mol. The quantitative estimate of drug-likeness (QED) is 0.553. The number of benzene rings is 1. The molecule has 4 nitrogen and oxygen atoms in total. The number of nitrogens with one attached hydrogen (secondary N) is 1. The lowest BCUT2D eigenvalue weighted by Gasteiger charge is -1.97. The van der Waals surface area contributed by atoms with Gasteiger partial charge in [-0.2, -0.15) is 11.8 Å². The lowest BCUT2D eigenvalue weighted by molar-refractivity contribution is 0.530. The highest BCUT2D eigenvalue weighted by atomic mass is 32.2. The van der Waals surface area contributed by atoms with E-state index in [0.29, 0.717) is 0 Å². The maximum absolute atomic E-state index is 5.75. The number of aromatic amines is 1. The third-order valence-corrected chi connectivity index (χ3v) is 3.84. The van der Waals surface area contributed by atoms with Gasteiger partial charge in [-0.05, 0) is 30.3 Å². The normalized spacial score (nSPS) is 11.2. The molecule has 0 saturated heterocycles. The summed E-state index contributed by atoms with van der Waals surface area (Å²) in [6.07, 6.45) is 2.62. The predicted molar refractivity (Wildman–Crippen MR) is 79.1 cm³/mol. The lowest BCUT2D eigenvalue weighted by Crippen LogP contribution is -1.91. The van der Waals surface area contributed by atoms with Crippen molar-refractivity contribution in [3.8, 4) is 0 Å². The van der Waals surface area contributed by atoms with Crippen LogP contribution in [0.5, 0.6) is 0 Å². The zero-order valence-electron chi connectivity index (χ0n) is 10.4. The molecule has 0 saturated carbocycles. The average Bonchev–Trinajstić information content (AvgIpc) is 3.02. The molecule has 0 aliphatic carbocycles. The number of hydrogen-bond acceptors (Lipinski definition) is 4. The molecule has 2 aromatic heterocycles. The molecule has 0 fully saturated rings. The number of anilines is 1. The Kier molecular flexibility index (Phi) is 3.46. The first-order valence-corrected chi connectivity index (χ1v) is 7.31. The lowest BCUT2D eigenvalue weighted by atomic mass is 10.3. The Morgan fingerprint density at radius 2 is 2.26 bits per heavy atom. The van der Waals surface area contributed by atoms with E-state index in [1.54, 1.807) is 6.26 Å². The number of aryl methyl sites for hydroxylation is 1. The van der Waals surface area contributed by atoms with Gasteiger partial charge in [0.25, 0.3) is 0 Å². The van der Waals surface area contributed by atoms with E-state index in [-0.39, 0.29) is 0 Å². The van der Waals surface area contributed by atoms with Gasteiger partial charge in [0, 0.05) is 17.9 Å². The zero-order chi connectivity index (χ0) is 13.1. The number of furan rings is 1. The standard InChI is InChI=1S/C14H15N3OS/c15-10-3-4-12-13(8-10)17-14(16-12)5-7-19-9-11-2-1-6-18-11/h1-4,6,8H,5,7,9,15H2,(H,16,17). The van der Waals surface area contributed by atoms with Gasteiger partial charge in [-0.25, -0.2) is 4.98 Å². The van der Waals surface area contributed by atoms with E-state index in [1.807, 2.05) is 42.1 Å². The Hall–Kier alpha value is -1.88. The Labute approximate surface area is 115 Å². The van der Waals surface area contributed by atoms with Crippen molar-refractivity contribution in [3.63, 3.8) is 0 Å². The van der Waals surface area contributed by atoms with E-state index in [0.717, 1.165) is 46.2 Å². The Balaban J connectivity index is 1.56. The number of fused-ring (bicyclic) bond motifs is 1. The molecule has 3 aromatic rings. The molecule has 3 rings (SSSR count). The summed E-state index contributed by atoms with van der Waals surface area (Å²) in [5, 5.41) is 0. The fourth-order valence-corrected chi connectivity index (χ4v) is 2.78. The molecule has 5 heteroatoms. The van der Waals surface area contributed by atoms with Gasteiger partial charge in [-0.15, -0.1) is 0 Å². The van der Waals surface area contributed by atoms with Gasteiger partial charge in [-0.1, -0.05) is 0 Å². The van der Waals surface area contributed by atoms with Gasteiger partial charge < -0.3 is 15.1 Å². The summed E-state index contributed by atoms with van der Waals surface area (Å²) in [5.41, 5.74) is 8.48. The van der Waals surface area contributed by atoms with Crippen molar-refractivity contribution in [2.45, 2.75) is 12.2 Å². The second kappa shape index (κ2) is 5.40. The van der Waals surface area contributed by atoms with Crippen LogP contribution in [0.3, 0.4) is 0 Å². The van der Waals surface area contributed by atoms with Crippen molar-refractivity contribution >= 4 is 28.5 Å². The molecule has 98 valence electrons. The van der Waals surface area contributed by atoms with Crippen LogP contribution in [0, 0.1) is 0 Å². The zero-order valence-corrected chi connectivity index (χ0v) is 11.2. The van der Waals surface area contributed by atoms with Gasteiger partial charge in [-0.3, -0.25) is 0 Å². The summed E-state index contributed by atoms with van der Waals surface area (Å²) in [7, 11) is 0. The molecule has 0 atom stereocenters. The summed E-state index contributed by atoms with van der Waals surface area (Å²) >= 11 is 1.84. The predicted octanol–water partition coefficient (Wildman–Crippen LogP) is 3.21. The highest BCUT2D eigenvalue weighted by Crippen LogP contribution is 2.17. The third-order valence-electron chi connectivity index (χ3n) is 2.86. The smallest absolute Gasteiger partial charge is 0.113 e. The number of nitrogens with zero attached hydrogens (tertiary/aromatic N) is 1. The Bertz CT molecular complexity index is 660. The van der Waals surface area contributed by atoms with Crippen LogP contribution in [-0.2, 0) is 12.2 Å². The summed E-state index contributed by atoms with van der Waals surface area (Å²) in [6.45, 7) is 0. The maximum atomic E-state index is 5.75. The van der Waals surface area contributed by atoms with Crippen molar-refractivity contribution in [1.82, 2.24) is 9.97 Å². The first-order valence-electron chi connectivity index (χ1n) is 6.15. The number of H-pyrrole nitrogens is 1. The van der Waals surface area contributed by atoms with Crippen LogP contribution >= 0.6 is 11.8 Å². The Morgan fingerprint density at radius 3 is 3.11 bits per heavy atom. The molecule has 2 heterocycles. The van der Waals surface area contributed by atoms with Crippen molar-refractivity contribution in [2.24, 2.45) is 0 Å². The van der Waals surface area contributed by atoms with E-state index < -0.39 is 0 Å². The first-order chi connectivity index (χ1) is 9.31. The van der Waals surface area contributed by atoms with Gasteiger partial charge in [0.1, 0.15) is 11.6 Å². The summed E-state index contributed by atoms with van der Waals surface area (Å²) in [5.74, 6) is 3.94. The molecule has 0 spiro atoms. The summed E-state index contributed by atoms with van der Waals surface area (Å²) in [6, 6.07) is 9.65. The minimum atomic E-state index is 0.759. The molecule has 0 unspecified atom stereocenters. The van der Waals surface area contributed by atoms with E-state index in [9.17, 15) is 0 Å². The summed E-state index contributed by atoms with van der Waals surface area (Å²) in [4.78, 5) is 7.84. The van der Waals surface area contributed by atoms with E-state index in [4.69, 9.17) is 10.2 Å². The van der Waals surface area contributed by atoms with Gasteiger partial charge in [0.05, 0.1) is 23.0 Å². The molecular weight excluding hydrogens is 258 g/mol. The second-order valence-corrected chi connectivity index (χ2v) is 5.45. The van der Waals surface area contributed by atoms with Crippen LogP contribution in [0.1, 0.15) is 11.6 Å². The van der Waals surface area contributed by atoms with Crippen LogP contribution in [-0.4, -0.2) is 15.7 Å². The van der Waals surface area contributed by atoms with Gasteiger partial charge >= 0.3 is 0 Å². The number of thioether (sulfide) groups is 1. The topological polar surface area (TPSA) is 67.8 Å². The van der Waals surface area contributed by atoms with Crippen molar-refractivity contribution in [1.29, 1.82) is 0 Å². The molecule has 0 aliphatic heterocycles. The highest BCUT2D eigenvalue weighted by molar-refractivity contribution is 7.98. The van der Waals surface area contributed by atoms with E-state index in [1.165, 1.54) is 0 Å². The minimum absolute atomic E-state index is 0.759. The number of hydrogen-bond donors (Lipinski definition) is 2. The highest BCUT2D eigenvalue weighted by Gasteiger charge is 2.03. The number of aromatic nitrogens is 2. The first kappa shape index (κ1) is 12.2. The van der Waals surface area contributed by atoms with Crippen molar-refractivity contribution < 1.29 is 4.42 Å². The maximum Gasteiger partial charge on any atom is 0.113 e. The fourth-order valence-electron chi connectivity index (χ4n) is 1.93. The fraction of sp³-hybridized carbons (Fsp3) is 0.214. The van der Waals surface area contributed by atoms with Crippen LogP contribution in [0.15, 0.2) is 41.0 Å². The molecular formula is C14H15N3OS. The summed E-state index contributed by atoms with van der Waals surface area (Å²) < 4.78 is 5.29. The van der Waals surface area contributed by atoms with E-state index >= 15 is 0 Å². The molecule has 0 aliphatic rings. The molecule has 3 N–H and O–H groups in total. The molecule has 0 radical (unpaired) electrons. The second-order valence-electron chi connectivity index (χ2n) is 4.34. The molecule has 0 bridgehead atoms. The number of nitrogen functional groups attached to an aromatic ring is 1. The third kappa shape index (κ3) is 2.93. The average molecular weight is 273 g/mol. The number of imidazole rings is 1. The molecule has 19 heavy (non-hydrogen) atoms. The van der Waals surface area contributed by atoms with Crippen molar-refractivity contribution in [3.05, 3.63) is 48.2 Å². The van der Waals surface area contributed by atoms with Crippen molar-refractivity contribution in [2.75, 3.05) is 11.5 Å². The van der Waals surface area contributed by atoms with Gasteiger partial charge in [0.2, 0.25) is 0 Å². The van der Waals surface area contributed by atoms with Crippen LogP contribution in [0.2, 0.25) is 0 Å². The molecule has 0 amide bonds. The largest absolute Gasteiger partial charge is 0.468 e. The minimum Gasteiger partial charge on any atom is -0.468 e. The van der Waals surface area contributed by atoms with E-state index in [2.05, 4.69) is 9.97 Å². The number of rotatable bonds is 5.